The van der Waals surface area contributed by atoms with Crippen molar-refractivity contribution in [3.05, 3.63) is 30.7 Å². The van der Waals surface area contributed by atoms with Crippen LogP contribution in [0.1, 0.15) is 5.82 Å². The first-order valence-corrected chi connectivity index (χ1v) is 5.66. The van der Waals surface area contributed by atoms with Crippen LogP contribution in [0.5, 0.6) is 0 Å². The minimum absolute atomic E-state index is 0.554. The monoisotopic (exact) mass is 243 g/mol. The van der Waals surface area contributed by atoms with Gasteiger partial charge in [0.2, 0.25) is 0 Å². The van der Waals surface area contributed by atoms with Crippen molar-refractivity contribution in [2.75, 3.05) is 6.54 Å². The second-order valence-corrected chi connectivity index (χ2v) is 3.95. The Balaban J connectivity index is 2.22. The quantitative estimate of drug-likeness (QED) is 0.702. The Labute approximate surface area is 103 Å². The van der Waals surface area contributed by atoms with Gasteiger partial charge < -0.3 is 5.73 Å². The summed E-state index contributed by atoms with van der Waals surface area (Å²) < 4.78 is 3.65. The minimum Gasteiger partial charge on any atom is -0.330 e. The van der Waals surface area contributed by atoms with Crippen LogP contribution in [0.4, 0.5) is 0 Å². The molecular weight excluding hydrogens is 230 g/mol. The van der Waals surface area contributed by atoms with E-state index in [4.69, 9.17) is 5.73 Å². The van der Waals surface area contributed by atoms with Gasteiger partial charge in [-0.1, -0.05) is 0 Å². The van der Waals surface area contributed by atoms with E-state index in [0.717, 1.165) is 22.7 Å². The first-order valence-electron chi connectivity index (χ1n) is 5.66. The molecule has 0 aliphatic heterocycles. The summed E-state index contributed by atoms with van der Waals surface area (Å²) in [5, 5.41) is 5.10. The Morgan fingerprint density at radius 3 is 3.00 bits per heavy atom. The average molecular weight is 243 g/mol. The molecule has 3 rings (SSSR count). The molecule has 0 saturated carbocycles. The van der Waals surface area contributed by atoms with Gasteiger partial charge in [-0.3, -0.25) is 9.25 Å². The van der Waals surface area contributed by atoms with Crippen LogP contribution in [0.3, 0.4) is 0 Å². The first-order chi connectivity index (χ1) is 8.81. The molecule has 0 fully saturated rings. The van der Waals surface area contributed by atoms with Gasteiger partial charge in [-0.15, -0.1) is 0 Å². The first kappa shape index (κ1) is 10.8. The van der Waals surface area contributed by atoms with Crippen LogP contribution in [-0.2, 0) is 13.5 Å². The van der Waals surface area contributed by atoms with Crippen LogP contribution in [0.2, 0.25) is 0 Å². The molecule has 3 aromatic rings. The van der Waals surface area contributed by atoms with Gasteiger partial charge >= 0.3 is 0 Å². The molecule has 3 aromatic heterocycles. The fourth-order valence-electron chi connectivity index (χ4n) is 1.98. The molecule has 0 unspecified atom stereocenters. The maximum absolute atomic E-state index is 5.58. The van der Waals surface area contributed by atoms with Crippen LogP contribution >= 0.6 is 0 Å². The van der Waals surface area contributed by atoms with Gasteiger partial charge in [0.15, 0.2) is 11.5 Å². The molecular formula is C11H13N7. The van der Waals surface area contributed by atoms with Gasteiger partial charge in [-0.2, -0.15) is 5.10 Å². The lowest BCUT2D eigenvalue weighted by Crippen LogP contribution is -2.10. The van der Waals surface area contributed by atoms with E-state index in [-0.39, 0.29) is 0 Å². The molecule has 0 aliphatic carbocycles. The lowest BCUT2D eigenvalue weighted by molar-refractivity contribution is 0.784. The number of aryl methyl sites for hydroxylation is 1. The average Bonchev–Trinajstić information content (AvgIpc) is 2.98. The summed E-state index contributed by atoms with van der Waals surface area (Å²) >= 11 is 0. The summed E-state index contributed by atoms with van der Waals surface area (Å²) in [6.45, 7) is 0.554. The molecule has 0 spiro atoms. The number of rotatable bonds is 3. The summed E-state index contributed by atoms with van der Waals surface area (Å²) in [6.07, 6.45) is 7.62. The highest BCUT2D eigenvalue weighted by Gasteiger charge is 2.12. The maximum atomic E-state index is 5.58. The minimum atomic E-state index is 0.554. The standard InChI is InChI=1S/C11H13N7/c1-17-10-8(6-16-17)11(15-7-14-10)18-5-4-13-9(18)2-3-12/h4-7H,2-3,12H2,1H3. The van der Waals surface area contributed by atoms with Crippen molar-refractivity contribution in [2.24, 2.45) is 12.8 Å². The highest BCUT2D eigenvalue weighted by molar-refractivity contribution is 5.81. The fraction of sp³-hybridized carbons (Fsp3) is 0.273. The second kappa shape index (κ2) is 4.19. The molecule has 3 heterocycles. The summed E-state index contributed by atoms with van der Waals surface area (Å²) in [5.41, 5.74) is 6.38. The molecule has 0 radical (unpaired) electrons. The van der Waals surface area contributed by atoms with Gasteiger partial charge in [0.25, 0.3) is 0 Å². The van der Waals surface area contributed by atoms with E-state index in [0.29, 0.717) is 13.0 Å². The van der Waals surface area contributed by atoms with Crippen LogP contribution in [0, 0.1) is 0 Å². The van der Waals surface area contributed by atoms with Gasteiger partial charge in [-0.05, 0) is 6.54 Å². The molecule has 18 heavy (non-hydrogen) atoms. The molecule has 7 heteroatoms. The molecule has 0 bridgehead atoms. The Morgan fingerprint density at radius 2 is 2.17 bits per heavy atom. The Hall–Kier alpha value is -2.28. The number of fused-ring (bicyclic) bond motifs is 1. The molecule has 0 saturated heterocycles. The lowest BCUT2D eigenvalue weighted by atomic mass is 10.3. The van der Waals surface area contributed by atoms with Crippen molar-refractivity contribution < 1.29 is 0 Å². The highest BCUT2D eigenvalue weighted by atomic mass is 15.3. The number of hydrogen-bond acceptors (Lipinski definition) is 5. The van der Waals surface area contributed by atoms with Crippen molar-refractivity contribution in [1.29, 1.82) is 0 Å². The molecule has 0 aromatic carbocycles. The molecule has 0 atom stereocenters. The lowest BCUT2D eigenvalue weighted by Gasteiger charge is -2.06. The number of aromatic nitrogens is 6. The smallest absolute Gasteiger partial charge is 0.163 e. The normalized spacial score (nSPS) is 11.2. The molecule has 2 N–H and O–H groups in total. The van der Waals surface area contributed by atoms with E-state index in [9.17, 15) is 0 Å². The van der Waals surface area contributed by atoms with Crippen molar-refractivity contribution in [2.45, 2.75) is 6.42 Å². The van der Waals surface area contributed by atoms with Crippen LogP contribution < -0.4 is 5.73 Å². The summed E-state index contributed by atoms with van der Waals surface area (Å²) in [6, 6.07) is 0. The van der Waals surface area contributed by atoms with E-state index < -0.39 is 0 Å². The van der Waals surface area contributed by atoms with Crippen molar-refractivity contribution >= 4 is 11.0 Å². The molecule has 0 amide bonds. The van der Waals surface area contributed by atoms with Crippen molar-refractivity contribution in [3.63, 3.8) is 0 Å². The van der Waals surface area contributed by atoms with Gasteiger partial charge in [0.05, 0.1) is 11.6 Å². The maximum Gasteiger partial charge on any atom is 0.163 e. The molecule has 0 aliphatic rings. The van der Waals surface area contributed by atoms with Crippen molar-refractivity contribution in [3.8, 4) is 5.82 Å². The van der Waals surface area contributed by atoms with E-state index in [2.05, 4.69) is 20.1 Å². The number of hydrogen-bond donors (Lipinski definition) is 1. The summed E-state index contributed by atoms with van der Waals surface area (Å²) in [4.78, 5) is 12.8. The second-order valence-electron chi connectivity index (χ2n) is 3.95. The van der Waals surface area contributed by atoms with Crippen molar-refractivity contribution in [1.82, 2.24) is 29.3 Å². The largest absolute Gasteiger partial charge is 0.330 e. The molecule has 7 nitrogen and oxygen atoms in total. The summed E-state index contributed by atoms with van der Waals surface area (Å²) in [5.74, 6) is 1.68. The zero-order valence-corrected chi connectivity index (χ0v) is 9.98. The number of imidazole rings is 1. The Bertz CT molecular complexity index is 682. The van der Waals surface area contributed by atoms with Crippen LogP contribution in [0.25, 0.3) is 16.9 Å². The van der Waals surface area contributed by atoms with Crippen LogP contribution in [-0.4, -0.2) is 35.8 Å². The Kier molecular flexibility index (Phi) is 2.52. The third-order valence-electron chi connectivity index (χ3n) is 2.82. The molecule has 92 valence electrons. The Morgan fingerprint density at radius 1 is 1.28 bits per heavy atom. The zero-order valence-electron chi connectivity index (χ0n) is 9.98. The van der Waals surface area contributed by atoms with E-state index in [1.807, 2.05) is 17.8 Å². The fourth-order valence-corrected chi connectivity index (χ4v) is 1.98. The third-order valence-corrected chi connectivity index (χ3v) is 2.82. The predicted octanol–water partition coefficient (Wildman–Crippen LogP) is 0.0502. The van der Waals surface area contributed by atoms with Gasteiger partial charge in [0.1, 0.15) is 12.2 Å². The topological polar surface area (TPSA) is 87.4 Å². The van der Waals surface area contributed by atoms with E-state index in [1.165, 1.54) is 6.33 Å². The zero-order chi connectivity index (χ0) is 12.5. The SMILES string of the molecule is Cn1ncc2c(-n3ccnc3CCN)ncnc21. The van der Waals surface area contributed by atoms with Gasteiger partial charge in [0, 0.05) is 25.9 Å². The van der Waals surface area contributed by atoms with Gasteiger partial charge in [-0.25, -0.2) is 15.0 Å². The number of nitrogens with two attached hydrogens (primary N) is 1. The third kappa shape index (κ3) is 1.56. The van der Waals surface area contributed by atoms with E-state index >= 15 is 0 Å². The highest BCUT2D eigenvalue weighted by Crippen LogP contribution is 2.18. The summed E-state index contributed by atoms with van der Waals surface area (Å²) in [7, 11) is 1.85. The van der Waals surface area contributed by atoms with E-state index in [1.54, 1.807) is 17.1 Å². The number of nitrogens with zero attached hydrogens (tertiary/aromatic N) is 6. The van der Waals surface area contributed by atoms with Crippen LogP contribution in [0.15, 0.2) is 24.9 Å². The predicted molar refractivity (Wildman–Crippen MR) is 66.2 cm³/mol.